The Bertz CT molecular complexity index is 692. The number of hydrogen-bond acceptors (Lipinski definition) is 6. The van der Waals surface area contributed by atoms with Gasteiger partial charge in [-0.15, -0.1) is 0 Å². The molecule has 7 heteroatoms. The van der Waals surface area contributed by atoms with Crippen LogP contribution >= 0.6 is 0 Å². The highest BCUT2D eigenvalue weighted by atomic mass is 16.5. The molecule has 1 aliphatic heterocycles. The number of H-pyrrole nitrogens is 1. The smallest absolute Gasteiger partial charge is 0.229 e. The fourth-order valence-electron chi connectivity index (χ4n) is 3.16. The van der Waals surface area contributed by atoms with Gasteiger partial charge in [-0.25, -0.2) is 0 Å². The Morgan fingerprint density at radius 3 is 2.80 bits per heavy atom. The van der Waals surface area contributed by atoms with Gasteiger partial charge in [0.25, 0.3) is 0 Å². The fraction of sp³-hybridized carbons (Fsp3) is 0.667. The van der Waals surface area contributed by atoms with Gasteiger partial charge in [0.05, 0.1) is 18.6 Å². The van der Waals surface area contributed by atoms with E-state index in [-0.39, 0.29) is 0 Å². The largest absolute Gasteiger partial charge is 0.378 e. The van der Waals surface area contributed by atoms with Crippen LogP contribution in [0.5, 0.6) is 0 Å². The summed E-state index contributed by atoms with van der Waals surface area (Å²) in [7, 11) is 4.23. The van der Waals surface area contributed by atoms with E-state index in [0.717, 1.165) is 74.2 Å². The average molecular weight is 346 g/mol. The lowest BCUT2D eigenvalue weighted by atomic mass is 10.1. The summed E-state index contributed by atoms with van der Waals surface area (Å²) in [6, 6.07) is 2.48. The van der Waals surface area contributed by atoms with E-state index >= 15 is 0 Å². The maximum atomic E-state index is 5.45. The van der Waals surface area contributed by atoms with Crippen LogP contribution in [0, 0.1) is 6.92 Å². The molecular formula is C18H30N6O. The molecule has 0 radical (unpaired) electrons. The Hall–Kier alpha value is -1.86. The van der Waals surface area contributed by atoms with Crippen molar-refractivity contribution in [3.05, 3.63) is 11.8 Å². The molecule has 0 aromatic carbocycles. The van der Waals surface area contributed by atoms with Gasteiger partial charge in [-0.05, 0) is 53.4 Å². The molecule has 3 heterocycles. The van der Waals surface area contributed by atoms with Gasteiger partial charge in [-0.2, -0.15) is 9.97 Å². The number of anilines is 2. The first kappa shape index (κ1) is 17.9. The topological polar surface area (TPSA) is 69.3 Å². The maximum absolute atomic E-state index is 5.45. The normalized spacial score (nSPS) is 16.6. The standard InChI is InChI=1S/C18H30N6O/c1-13(6-5-7-23(3)4)19-16-15-12-14(2)20-17(15)22-18(21-16)24-8-10-25-11-9-24/h12-13H,5-11H2,1-4H3,(H2,19,20,21,22). The molecule has 2 aromatic heterocycles. The van der Waals surface area contributed by atoms with Gasteiger partial charge in [0.2, 0.25) is 5.95 Å². The quantitative estimate of drug-likeness (QED) is 0.801. The van der Waals surface area contributed by atoms with E-state index in [4.69, 9.17) is 14.7 Å². The fourth-order valence-corrected chi connectivity index (χ4v) is 3.16. The summed E-state index contributed by atoms with van der Waals surface area (Å²) in [5.74, 6) is 1.70. The monoisotopic (exact) mass is 346 g/mol. The number of aryl methyl sites for hydroxylation is 1. The van der Waals surface area contributed by atoms with E-state index in [1.807, 2.05) is 0 Å². The third-order valence-electron chi connectivity index (χ3n) is 4.53. The van der Waals surface area contributed by atoms with Crippen molar-refractivity contribution in [2.24, 2.45) is 0 Å². The van der Waals surface area contributed by atoms with Gasteiger partial charge in [0.15, 0.2) is 0 Å². The molecule has 0 saturated carbocycles. The Balaban J connectivity index is 1.79. The van der Waals surface area contributed by atoms with Gasteiger partial charge in [0.1, 0.15) is 11.5 Å². The molecule has 0 spiro atoms. The number of morpholine rings is 1. The molecule has 7 nitrogen and oxygen atoms in total. The molecule has 3 rings (SSSR count). The average Bonchev–Trinajstić information content (AvgIpc) is 2.96. The zero-order valence-electron chi connectivity index (χ0n) is 15.8. The van der Waals surface area contributed by atoms with Gasteiger partial charge in [-0.3, -0.25) is 0 Å². The van der Waals surface area contributed by atoms with Crippen LogP contribution in [0.3, 0.4) is 0 Å². The number of ether oxygens (including phenoxy) is 1. The zero-order chi connectivity index (χ0) is 17.8. The highest BCUT2D eigenvalue weighted by molar-refractivity contribution is 5.89. The molecule has 2 aromatic rings. The van der Waals surface area contributed by atoms with E-state index in [0.29, 0.717) is 6.04 Å². The first-order valence-corrected chi connectivity index (χ1v) is 9.14. The Kier molecular flexibility index (Phi) is 5.75. The molecule has 1 aliphatic rings. The van der Waals surface area contributed by atoms with Crippen molar-refractivity contribution in [2.45, 2.75) is 32.7 Å². The van der Waals surface area contributed by atoms with Crippen LogP contribution in [0.15, 0.2) is 6.07 Å². The van der Waals surface area contributed by atoms with Gasteiger partial charge >= 0.3 is 0 Å². The number of nitrogens with zero attached hydrogens (tertiary/aromatic N) is 4. The van der Waals surface area contributed by atoms with Crippen molar-refractivity contribution in [3.8, 4) is 0 Å². The van der Waals surface area contributed by atoms with Crippen molar-refractivity contribution in [1.29, 1.82) is 0 Å². The van der Waals surface area contributed by atoms with Crippen LogP contribution in [-0.4, -0.2) is 72.8 Å². The predicted octanol–water partition coefficient (Wildman–Crippen LogP) is 2.25. The van der Waals surface area contributed by atoms with Crippen LogP contribution < -0.4 is 10.2 Å². The highest BCUT2D eigenvalue weighted by Gasteiger charge is 2.18. The summed E-state index contributed by atoms with van der Waals surface area (Å²) in [5, 5.41) is 4.67. The van der Waals surface area contributed by atoms with Gasteiger partial charge in [0, 0.05) is 24.8 Å². The van der Waals surface area contributed by atoms with Crippen LogP contribution in [0.25, 0.3) is 11.0 Å². The minimum absolute atomic E-state index is 0.366. The summed E-state index contributed by atoms with van der Waals surface area (Å²) in [6.07, 6.45) is 2.28. The Morgan fingerprint density at radius 1 is 1.32 bits per heavy atom. The Labute approximate surface area is 149 Å². The number of nitrogens with one attached hydrogen (secondary N) is 2. The van der Waals surface area contributed by atoms with E-state index in [9.17, 15) is 0 Å². The molecule has 1 saturated heterocycles. The third kappa shape index (κ3) is 4.61. The van der Waals surface area contributed by atoms with Crippen molar-refractivity contribution in [2.75, 3.05) is 57.2 Å². The van der Waals surface area contributed by atoms with Crippen molar-refractivity contribution in [3.63, 3.8) is 0 Å². The lowest BCUT2D eigenvalue weighted by molar-refractivity contribution is 0.122. The summed E-state index contributed by atoms with van der Waals surface area (Å²) in [5.41, 5.74) is 2.00. The van der Waals surface area contributed by atoms with Gasteiger partial charge in [-0.1, -0.05) is 0 Å². The SMILES string of the molecule is Cc1cc2c(NC(C)CCCN(C)C)nc(N3CCOCC3)nc2[nH]1. The lowest BCUT2D eigenvalue weighted by Crippen LogP contribution is -2.37. The van der Waals surface area contributed by atoms with Gasteiger partial charge < -0.3 is 24.8 Å². The molecule has 0 aliphatic carbocycles. The molecule has 1 atom stereocenters. The molecule has 2 N–H and O–H groups in total. The van der Waals surface area contributed by atoms with E-state index in [2.05, 4.69) is 54.1 Å². The van der Waals surface area contributed by atoms with Crippen LogP contribution in [0.1, 0.15) is 25.5 Å². The molecule has 138 valence electrons. The lowest BCUT2D eigenvalue weighted by Gasteiger charge is -2.27. The summed E-state index contributed by atoms with van der Waals surface area (Å²) >= 11 is 0. The second kappa shape index (κ2) is 8.01. The Morgan fingerprint density at radius 2 is 2.08 bits per heavy atom. The number of rotatable bonds is 7. The minimum Gasteiger partial charge on any atom is -0.378 e. The van der Waals surface area contributed by atoms with Crippen LogP contribution in [0.2, 0.25) is 0 Å². The van der Waals surface area contributed by atoms with Crippen LogP contribution in [-0.2, 0) is 4.74 Å². The summed E-state index contributed by atoms with van der Waals surface area (Å²) in [4.78, 5) is 17.3. The second-order valence-corrected chi connectivity index (χ2v) is 7.18. The maximum Gasteiger partial charge on any atom is 0.229 e. The summed E-state index contributed by atoms with van der Waals surface area (Å²) in [6.45, 7) is 8.52. The molecule has 1 unspecified atom stereocenters. The molecule has 25 heavy (non-hydrogen) atoms. The number of hydrogen-bond donors (Lipinski definition) is 2. The second-order valence-electron chi connectivity index (χ2n) is 7.18. The third-order valence-corrected chi connectivity index (χ3v) is 4.53. The molecule has 1 fully saturated rings. The zero-order valence-corrected chi connectivity index (χ0v) is 15.8. The molecular weight excluding hydrogens is 316 g/mol. The first-order valence-electron chi connectivity index (χ1n) is 9.14. The number of fused-ring (bicyclic) bond motifs is 1. The van der Waals surface area contributed by atoms with Crippen molar-refractivity contribution >= 4 is 22.8 Å². The highest BCUT2D eigenvalue weighted by Crippen LogP contribution is 2.25. The molecule has 0 bridgehead atoms. The number of aromatic nitrogens is 3. The van der Waals surface area contributed by atoms with Crippen molar-refractivity contribution in [1.82, 2.24) is 19.9 Å². The van der Waals surface area contributed by atoms with E-state index < -0.39 is 0 Å². The number of aromatic amines is 1. The first-order chi connectivity index (χ1) is 12.0. The van der Waals surface area contributed by atoms with E-state index in [1.165, 1.54) is 0 Å². The minimum atomic E-state index is 0.366. The van der Waals surface area contributed by atoms with Crippen LogP contribution in [0.4, 0.5) is 11.8 Å². The summed E-state index contributed by atoms with van der Waals surface area (Å²) < 4.78 is 5.45. The molecule has 0 amide bonds. The van der Waals surface area contributed by atoms with E-state index in [1.54, 1.807) is 0 Å². The predicted molar refractivity (Wildman–Crippen MR) is 103 cm³/mol. The van der Waals surface area contributed by atoms with Crippen molar-refractivity contribution < 1.29 is 4.74 Å².